The van der Waals surface area contributed by atoms with Crippen LogP contribution in [-0.2, 0) is 10.2 Å². The second-order valence-electron chi connectivity index (χ2n) is 5.44. The van der Waals surface area contributed by atoms with Crippen molar-refractivity contribution in [2.45, 2.75) is 18.3 Å². The first kappa shape index (κ1) is 12.0. The Morgan fingerprint density at radius 3 is 2.74 bits per heavy atom. The molecule has 0 spiro atoms. The van der Waals surface area contributed by atoms with Gasteiger partial charge in [-0.25, -0.2) is 0 Å². The largest absolute Gasteiger partial charge is 0.481 e. The van der Waals surface area contributed by atoms with Crippen LogP contribution in [0.15, 0.2) is 42.5 Å². The molecule has 19 heavy (non-hydrogen) atoms. The van der Waals surface area contributed by atoms with E-state index >= 15 is 0 Å². The van der Waals surface area contributed by atoms with Crippen molar-refractivity contribution in [3.05, 3.63) is 48.0 Å². The number of carboxylic acid groups (broad SMARTS) is 1. The van der Waals surface area contributed by atoms with Gasteiger partial charge in [0.25, 0.3) is 0 Å². The van der Waals surface area contributed by atoms with Crippen LogP contribution in [0.25, 0.3) is 0 Å². The fourth-order valence-electron chi connectivity index (χ4n) is 3.85. The number of nitrogens with zero attached hydrogens (tertiary/aromatic N) is 1. The summed E-state index contributed by atoms with van der Waals surface area (Å²) < 4.78 is 0. The van der Waals surface area contributed by atoms with Crippen molar-refractivity contribution in [1.29, 1.82) is 5.26 Å². The molecule has 0 saturated heterocycles. The summed E-state index contributed by atoms with van der Waals surface area (Å²) >= 11 is 0. The van der Waals surface area contributed by atoms with Crippen LogP contribution >= 0.6 is 0 Å². The maximum atomic E-state index is 11.1. The SMILES string of the molecule is N#CC1(c2ccccc2)C2C=CC(C2)C1CC(=O)O. The van der Waals surface area contributed by atoms with E-state index in [-0.39, 0.29) is 24.2 Å². The van der Waals surface area contributed by atoms with Gasteiger partial charge in [-0.1, -0.05) is 42.5 Å². The van der Waals surface area contributed by atoms with Gasteiger partial charge in [0.15, 0.2) is 0 Å². The maximum Gasteiger partial charge on any atom is 0.303 e. The van der Waals surface area contributed by atoms with Crippen LogP contribution in [0.4, 0.5) is 0 Å². The van der Waals surface area contributed by atoms with Crippen molar-refractivity contribution in [2.75, 3.05) is 0 Å². The summed E-state index contributed by atoms with van der Waals surface area (Å²) in [5.41, 5.74) is 0.291. The molecule has 0 radical (unpaired) electrons. The minimum absolute atomic E-state index is 0.0635. The Hall–Kier alpha value is -2.08. The lowest BCUT2D eigenvalue weighted by molar-refractivity contribution is -0.138. The summed E-state index contributed by atoms with van der Waals surface area (Å²) in [5, 5.41) is 18.9. The molecule has 0 heterocycles. The molecule has 1 saturated carbocycles. The number of benzene rings is 1. The highest BCUT2D eigenvalue weighted by Crippen LogP contribution is 2.58. The number of fused-ring (bicyclic) bond motifs is 2. The van der Waals surface area contributed by atoms with Gasteiger partial charge in [0.05, 0.1) is 17.9 Å². The molecule has 1 N–H and O–H groups in total. The van der Waals surface area contributed by atoms with Gasteiger partial charge >= 0.3 is 5.97 Å². The highest BCUT2D eigenvalue weighted by Gasteiger charge is 2.57. The summed E-state index contributed by atoms with van der Waals surface area (Å²) in [7, 11) is 0. The second kappa shape index (κ2) is 4.24. The Kier molecular flexibility index (Phi) is 2.67. The summed E-state index contributed by atoms with van der Waals surface area (Å²) in [6.45, 7) is 0. The minimum atomic E-state index is -0.818. The Morgan fingerprint density at radius 1 is 1.37 bits per heavy atom. The lowest BCUT2D eigenvalue weighted by atomic mass is 9.64. The van der Waals surface area contributed by atoms with Gasteiger partial charge in [-0.3, -0.25) is 4.79 Å². The van der Waals surface area contributed by atoms with E-state index < -0.39 is 11.4 Å². The number of hydrogen-bond acceptors (Lipinski definition) is 2. The van der Waals surface area contributed by atoms with Crippen LogP contribution in [0.5, 0.6) is 0 Å². The van der Waals surface area contributed by atoms with E-state index in [2.05, 4.69) is 18.2 Å². The Labute approximate surface area is 112 Å². The molecule has 96 valence electrons. The first-order valence-corrected chi connectivity index (χ1v) is 6.55. The molecule has 2 aliphatic rings. The summed E-state index contributed by atoms with van der Waals surface area (Å²) in [6.07, 6.45) is 5.16. The predicted molar refractivity (Wildman–Crippen MR) is 70.2 cm³/mol. The van der Waals surface area contributed by atoms with Crippen LogP contribution in [0.3, 0.4) is 0 Å². The van der Waals surface area contributed by atoms with Crippen LogP contribution in [0.2, 0.25) is 0 Å². The van der Waals surface area contributed by atoms with Gasteiger partial charge in [-0.05, 0) is 23.8 Å². The van der Waals surface area contributed by atoms with Crippen molar-refractivity contribution in [1.82, 2.24) is 0 Å². The number of nitriles is 1. The van der Waals surface area contributed by atoms with Crippen molar-refractivity contribution < 1.29 is 9.90 Å². The molecule has 1 aromatic rings. The minimum Gasteiger partial charge on any atom is -0.481 e. The Balaban J connectivity index is 2.11. The summed E-state index contributed by atoms with van der Waals surface area (Å²) in [6, 6.07) is 12.1. The molecular weight excluding hydrogens is 238 g/mol. The van der Waals surface area contributed by atoms with Crippen LogP contribution < -0.4 is 0 Å². The van der Waals surface area contributed by atoms with E-state index in [9.17, 15) is 10.1 Å². The molecule has 3 rings (SSSR count). The third kappa shape index (κ3) is 1.60. The van der Waals surface area contributed by atoms with Gasteiger partial charge in [0.1, 0.15) is 0 Å². The molecule has 1 aromatic carbocycles. The molecule has 1 fully saturated rings. The first-order valence-electron chi connectivity index (χ1n) is 6.55. The quantitative estimate of drug-likeness (QED) is 0.842. The normalized spacial score (nSPS) is 35.2. The van der Waals surface area contributed by atoms with E-state index in [1.807, 2.05) is 30.3 Å². The van der Waals surface area contributed by atoms with Gasteiger partial charge < -0.3 is 5.11 Å². The molecule has 0 amide bonds. The van der Waals surface area contributed by atoms with E-state index in [0.717, 1.165) is 12.0 Å². The van der Waals surface area contributed by atoms with Crippen molar-refractivity contribution in [3.8, 4) is 6.07 Å². The topological polar surface area (TPSA) is 61.1 Å². The number of carboxylic acids is 1. The first-order chi connectivity index (χ1) is 9.18. The van der Waals surface area contributed by atoms with Gasteiger partial charge in [-0.15, -0.1) is 0 Å². The predicted octanol–water partition coefficient (Wildman–Crippen LogP) is 2.74. The molecule has 2 bridgehead atoms. The number of aliphatic carboxylic acids is 1. The zero-order valence-corrected chi connectivity index (χ0v) is 10.5. The highest BCUT2D eigenvalue weighted by atomic mass is 16.4. The summed E-state index contributed by atoms with van der Waals surface area (Å²) in [5.74, 6) is -0.566. The van der Waals surface area contributed by atoms with Crippen LogP contribution in [-0.4, -0.2) is 11.1 Å². The highest BCUT2D eigenvalue weighted by molar-refractivity contribution is 5.68. The molecule has 3 nitrogen and oxygen atoms in total. The average Bonchev–Trinajstić information content (AvgIpc) is 2.99. The number of hydrogen-bond donors (Lipinski definition) is 1. The van der Waals surface area contributed by atoms with E-state index in [1.165, 1.54) is 0 Å². The maximum absolute atomic E-state index is 11.1. The third-order valence-corrected chi connectivity index (χ3v) is 4.63. The monoisotopic (exact) mass is 253 g/mol. The van der Waals surface area contributed by atoms with Gasteiger partial charge in [-0.2, -0.15) is 5.26 Å². The zero-order valence-electron chi connectivity index (χ0n) is 10.5. The summed E-state index contributed by atoms with van der Waals surface area (Å²) in [4.78, 5) is 11.1. The fourth-order valence-corrected chi connectivity index (χ4v) is 3.85. The Bertz CT molecular complexity index is 572. The van der Waals surface area contributed by atoms with E-state index in [1.54, 1.807) is 0 Å². The molecule has 3 heteroatoms. The zero-order chi connectivity index (χ0) is 13.5. The molecule has 4 unspecified atom stereocenters. The lowest BCUT2D eigenvalue weighted by Gasteiger charge is -2.36. The van der Waals surface area contributed by atoms with E-state index in [4.69, 9.17) is 5.11 Å². The van der Waals surface area contributed by atoms with Crippen molar-refractivity contribution in [2.24, 2.45) is 17.8 Å². The smallest absolute Gasteiger partial charge is 0.303 e. The number of allylic oxidation sites excluding steroid dienone is 2. The van der Waals surface area contributed by atoms with Crippen LogP contribution in [0, 0.1) is 29.1 Å². The number of rotatable bonds is 3. The molecule has 0 aromatic heterocycles. The van der Waals surface area contributed by atoms with Crippen LogP contribution in [0.1, 0.15) is 18.4 Å². The molecule has 2 aliphatic carbocycles. The second-order valence-corrected chi connectivity index (χ2v) is 5.44. The van der Waals surface area contributed by atoms with Crippen molar-refractivity contribution in [3.63, 3.8) is 0 Å². The molecule has 4 atom stereocenters. The molecular formula is C16H15NO2. The van der Waals surface area contributed by atoms with Gasteiger partial charge in [0.2, 0.25) is 0 Å². The fraction of sp³-hybridized carbons (Fsp3) is 0.375. The Morgan fingerprint density at radius 2 is 2.11 bits per heavy atom. The van der Waals surface area contributed by atoms with Crippen molar-refractivity contribution >= 4 is 5.97 Å². The third-order valence-electron chi connectivity index (χ3n) is 4.63. The van der Waals surface area contributed by atoms with Gasteiger partial charge in [0, 0.05) is 5.92 Å². The lowest BCUT2D eigenvalue weighted by Crippen LogP contribution is -2.38. The standard InChI is InChI=1S/C16H15NO2/c17-10-16(12-4-2-1-3-5-12)13-7-6-11(8-13)14(16)9-15(18)19/h1-7,11,13-14H,8-9H2,(H,18,19). The van der Waals surface area contributed by atoms with E-state index in [0.29, 0.717) is 0 Å². The number of carbonyl (C=O) groups is 1. The average molecular weight is 253 g/mol. The molecule has 0 aliphatic heterocycles.